The topological polar surface area (TPSA) is 0 Å². The van der Waals surface area contributed by atoms with Gasteiger partial charge in [-0.1, -0.05) is 149 Å². The molecule has 0 heteroatoms. The molecular formula is C46H38. The molecule has 0 spiro atoms. The molecule has 0 unspecified atom stereocenters. The lowest BCUT2D eigenvalue weighted by molar-refractivity contribution is 0.490. The molecule has 0 bridgehead atoms. The molecule has 222 valence electrons. The summed E-state index contributed by atoms with van der Waals surface area (Å²) in [5, 5.41) is 5.25. The Balaban J connectivity index is 1.31. The minimum Gasteiger partial charge on any atom is -0.0642 e. The first kappa shape index (κ1) is 27.4. The van der Waals surface area contributed by atoms with Crippen LogP contribution in [0.4, 0.5) is 0 Å². The molecule has 0 saturated heterocycles. The summed E-state index contributed by atoms with van der Waals surface area (Å²) in [5.41, 5.74) is 16.6. The van der Waals surface area contributed by atoms with Crippen molar-refractivity contribution in [3.05, 3.63) is 156 Å². The van der Waals surface area contributed by atoms with Gasteiger partial charge in [-0.3, -0.25) is 0 Å². The Morgan fingerprint density at radius 3 is 1.30 bits per heavy atom. The summed E-state index contributed by atoms with van der Waals surface area (Å²) < 4.78 is 0. The van der Waals surface area contributed by atoms with Gasteiger partial charge < -0.3 is 0 Å². The molecule has 0 N–H and O–H groups in total. The Bertz CT molecular complexity index is 2300. The molecule has 0 nitrogen and oxygen atoms in total. The predicted molar refractivity (Wildman–Crippen MR) is 197 cm³/mol. The highest BCUT2D eigenvalue weighted by molar-refractivity contribution is 6.21. The number of fused-ring (bicyclic) bond motifs is 8. The summed E-state index contributed by atoms with van der Waals surface area (Å²) in [4.78, 5) is 0. The van der Waals surface area contributed by atoms with Gasteiger partial charge in [-0.15, -0.1) is 0 Å². The molecule has 0 saturated carbocycles. The minimum absolute atomic E-state index is 0.0411. The molecule has 0 amide bonds. The Kier molecular flexibility index (Phi) is 5.82. The Morgan fingerprint density at radius 1 is 0.391 bits per heavy atom. The summed E-state index contributed by atoms with van der Waals surface area (Å²) in [6.07, 6.45) is 2.19. The van der Waals surface area contributed by atoms with Crippen molar-refractivity contribution in [2.45, 2.75) is 51.4 Å². The number of hydrogen-bond acceptors (Lipinski definition) is 0. The summed E-state index contributed by atoms with van der Waals surface area (Å²) in [6, 6.07) is 50.7. The smallest absolute Gasteiger partial charge is 0.0210 e. The Hall–Kier alpha value is -4.94. The van der Waals surface area contributed by atoms with E-state index in [-0.39, 0.29) is 10.8 Å². The maximum Gasteiger partial charge on any atom is 0.0210 e. The van der Waals surface area contributed by atoms with Crippen LogP contribution in [0.3, 0.4) is 0 Å². The van der Waals surface area contributed by atoms with Crippen LogP contribution < -0.4 is 0 Å². The van der Waals surface area contributed by atoms with Crippen molar-refractivity contribution in [1.29, 1.82) is 0 Å². The zero-order valence-electron chi connectivity index (χ0n) is 27.1. The van der Waals surface area contributed by atoms with Crippen molar-refractivity contribution in [3.8, 4) is 44.5 Å². The molecular weight excluding hydrogens is 553 g/mol. The van der Waals surface area contributed by atoms with E-state index in [1.807, 2.05) is 0 Å². The van der Waals surface area contributed by atoms with Gasteiger partial charge in [0.15, 0.2) is 0 Å². The summed E-state index contributed by atoms with van der Waals surface area (Å²) in [5.74, 6) is 0. The SMILES string of the molecule is CCC1(CC)c2ccccc2-c2ccc(-c3c4ccccc4c(-c4ccc5c(c4)C(C)(C)c4ccccc4-5)c4ccccc34)cc21. The van der Waals surface area contributed by atoms with E-state index in [1.165, 1.54) is 88.3 Å². The highest BCUT2D eigenvalue weighted by atomic mass is 14.4. The normalized spacial score (nSPS) is 15.0. The fourth-order valence-corrected chi connectivity index (χ4v) is 9.23. The van der Waals surface area contributed by atoms with Crippen LogP contribution in [0.25, 0.3) is 66.1 Å². The van der Waals surface area contributed by atoms with Gasteiger partial charge in [0.2, 0.25) is 0 Å². The molecule has 46 heavy (non-hydrogen) atoms. The van der Waals surface area contributed by atoms with Crippen LogP contribution >= 0.6 is 0 Å². The van der Waals surface area contributed by atoms with Gasteiger partial charge in [-0.25, -0.2) is 0 Å². The summed E-state index contributed by atoms with van der Waals surface area (Å²) in [7, 11) is 0. The van der Waals surface area contributed by atoms with Crippen LogP contribution in [-0.4, -0.2) is 0 Å². The van der Waals surface area contributed by atoms with Crippen LogP contribution in [-0.2, 0) is 10.8 Å². The second-order valence-electron chi connectivity index (χ2n) is 13.9. The number of benzene rings is 7. The van der Waals surface area contributed by atoms with Crippen molar-refractivity contribution in [3.63, 3.8) is 0 Å². The van der Waals surface area contributed by atoms with E-state index in [4.69, 9.17) is 0 Å². The van der Waals surface area contributed by atoms with E-state index in [1.54, 1.807) is 0 Å². The zero-order chi connectivity index (χ0) is 31.2. The highest BCUT2D eigenvalue weighted by Gasteiger charge is 2.40. The lowest BCUT2D eigenvalue weighted by Gasteiger charge is -2.30. The van der Waals surface area contributed by atoms with Crippen LogP contribution in [0.2, 0.25) is 0 Å². The number of hydrogen-bond donors (Lipinski definition) is 0. The van der Waals surface area contributed by atoms with Crippen LogP contribution in [0.5, 0.6) is 0 Å². The lowest BCUT2D eigenvalue weighted by atomic mass is 9.73. The largest absolute Gasteiger partial charge is 0.0642 e. The second kappa shape index (κ2) is 9.78. The van der Waals surface area contributed by atoms with E-state index >= 15 is 0 Å². The van der Waals surface area contributed by atoms with Crippen molar-refractivity contribution >= 4 is 21.5 Å². The first-order valence-electron chi connectivity index (χ1n) is 16.9. The zero-order valence-corrected chi connectivity index (χ0v) is 27.1. The second-order valence-corrected chi connectivity index (χ2v) is 13.9. The highest BCUT2D eigenvalue weighted by Crippen LogP contribution is 2.55. The third-order valence-corrected chi connectivity index (χ3v) is 11.6. The van der Waals surface area contributed by atoms with Gasteiger partial charge in [0, 0.05) is 10.8 Å². The van der Waals surface area contributed by atoms with Gasteiger partial charge in [0.25, 0.3) is 0 Å². The molecule has 7 aromatic carbocycles. The predicted octanol–water partition coefficient (Wildman–Crippen LogP) is 12.7. The molecule has 0 aliphatic heterocycles. The third kappa shape index (κ3) is 3.50. The van der Waals surface area contributed by atoms with Crippen molar-refractivity contribution < 1.29 is 0 Å². The van der Waals surface area contributed by atoms with Crippen LogP contribution in [0.1, 0.15) is 62.8 Å². The average Bonchev–Trinajstić information content (AvgIpc) is 3.52. The van der Waals surface area contributed by atoms with Gasteiger partial charge in [0.1, 0.15) is 0 Å². The maximum absolute atomic E-state index is 2.53. The summed E-state index contributed by atoms with van der Waals surface area (Å²) in [6.45, 7) is 9.47. The van der Waals surface area contributed by atoms with E-state index < -0.39 is 0 Å². The fourth-order valence-electron chi connectivity index (χ4n) is 9.23. The van der Waals surface area contributed by atoms with Crippen LogP contribution in [0, 0.1) is 0 Å². The summed E-state index contributed by atoms with van der Waals surface area (Å²) >= 11 is 0. The van der Waals surface area contributed by atoms with E-state index in [9.17, 15) is 0 Å². The van der Waals surface area contributed by atoms with Gasteiger partial charge in [0.05, 0.1) is 0 Å². The third-order valence-electron chi connectivity index (χ3n) is 11.6. The minimum atomic E-state index is -0.0411. The van der Waals surface area contributed by atoms with E-state index in [2.05, 4.69) is 161 Å². The standard InChI is InChI=1S/C46H38/c1-5-46(6-2)40-22-14-12-16-32(40)34-26-24-30(28-42(34)46)44-37-19-9-7-17-35(37)43(36-18-8-10-20-38(36)44)29-23-25-33-31-15-11-13-21-39(31)45(3,4)41(33)27-29/h7-28H,5-6H2,1-4H3. The van der Waals surface area contributed by atoms with Gasteiger partial charge in [-0.05, 0) is 113 Å². The first-order valence-corrected chi connectivity index (χ1v) is 16.9. The molecule has 0 atom stereocenters. The first-order chi connectivity index (χ1) is 22.5. The molecule has 2 aliphatic rings. The van der Waals surface area contributed by atoms with E-state index in [0.717, 1.165) is 12.8 Å². The van der Waals surface area contributed by atoms with Gasteiger partial charge in [-0.2, -0.15) is 0 Å². The van der Waals surface area contributed by atoms with Crippen molar-refractivity contribution in [2.75, 3.05) is 0 Å². The monoisotopic (exact) mass is 590 g/mol. The molecule has 0 heterocycles. The number of rotatable bonds is 4. The van der Waals surface area contributed by atoms with Crippen molar-refractivity contribution in [1.82, 2.24) is 0 Å². The molecule has 2 aliphatic carbocycles. The maximum atomic E-state index is 2.53. The lowest BCUT2D eigenvalue weighted by Crippen LogP contribution is -2.23. The van der Waals surface area contributed by atoms with E-state index in [0.29, 0.717) is 0 Å². The Morgan fingerprint density at radius 2 is 0.783 bits per heavy atom. The fraction of sp³-hybridized carbons (Fsp3) is 0.174. The Labute approximate surface area is 272 Å². The molecule has 7 aromatic rings. The van der Waals surface area contributed by atoms with Gasteiger partial charge >= 0.3 is 0 Å². The molecule has 9 rings (SSSR count). The molecule has 0 fully saturated rings. The quantitative estimate of drug-likeness (QED) is 0.179. The molecule has 0 radical (unpaired) electrons. The average molecular weight is 591 g/mol. The molecule has 0 aromatic heterocycles. The van der Waals surface area contributed by atoms with Crippen molar-refractivity contribution in [2.24, 2.45) is 0 Å². The van der Waals surface area contributed by atoms with Crippen LogP contribution in [0.15, 0.2) is 133 Å².